The van der Waals surface area contributed by atoms with Crippen LogP contribution in [-0.4, -0.2) is 24.0 Å². The SMILES string of the molecule is Nc1cccnc1NCCNC(=O)Cc1cccs1. The largest absolute Gasteiger partial charge is 0.396 e. The normalized spacial score (nSPS) is 10.1. The molecule has 0 aliphatic rings. The van der Waals surface area contributed by atoms with E-state index in [4.69, 9.17) is 5.73 Å². The van der Waals surface area contributed by atoms with E-state index in [9.17, 15) is 4.79 Å². The molecular formula is C13H16N4OS. The summed E-state index contributed by atoms with van der Waals surface area (Å²) in [5.74, 6) is 0.674. The van der Waals surface area contributed by atoms with E-state index >= 15 is 0 Å². The number of aromatic nitrogens is 1. The predicted octanol–water partition coefficient (Wildman–Crippen LogP) is 1.50. The molecule has 0 spiro atoms. The van der Waals surface area contributed by atoms with Gasteiger partial charge in [0.1, 0.15) is 5.82 Å². The van der Waals surface area contributed by atoms with Crippen molar-refractivity contribution in [3.8, 4) is 0 Å². The number of anilines is 2. The minimum atomic E-state index is 0.0262. The Morgan fingerprint density at radius 1 is 1.32 bits per heavy atom. The van der Waals surface area contributed by atoms with Gasteiger partial charge in [-0.3, -0.25) is 4.79 Å². The molecule has 2 rings (SSSR count). The van der Waals surface area contributed by atoms with Crippen LogP contribution in [0, 0.1) is 0 Å². The number of nitrogen functional groups attached to an aromatic ring is 1. The van der Waals surface area contributed by atoms with Crippen LogP contribution in [0.1, 0.15) is 4.88 Å². The Morgan fingerprint density at radius 2 is 2.21 bits per heavy atom. The van der Waals surface area contributed by atoms with Crippen LogP contribution >= 0.6 is 11.3 Å². The quantitative estimate of drug-likeness (QED) is 0.698. The number of nitrogens with two attached hydrogens (primary N) is 1. The molecule has 2 aromatic heterocycles. The average molecular weight is 276 g/mol. The minimum Gasteiger partial charge on any atom is -0.396 e. The van der Waals surface area contributed by atoms with Crippen LogP contribution in [0.4, 0.5) is 11.5 Å². The number of hydrogen-bond donors (Lipinski definition) is 3. The third-order valence-electron chi connectivity index (χ3n) is 2.49. The summed E-state index contributed by atoms with van der Waals surface area (Å²) in [4.78, 5) is 16.8. The molecule has 6 heteroatoms. The van der Waals surface area contributed by atoms with E-state index in [1.165, 1.54) is 0 Å². The molecule has 5 nitrogen and oxygen atoms in total. The molecule has 0 aliphatic heterocycles. The van der Waals surface area contributed by atoms with Gasteiger partial charge in [-0.2, -0.15) is 0 Å². The summed E-state index contributed by atoms with van der Waals surface area (Å²) >= 11 is 1.59. The van der Waals surface area contributed by atoms with Gasteiger partial charge in [-0.1, -0.05) is 6.07 Å². The molecule has 0 saturated heterocycles. The van der Waals surface area contributed by atoms with E-state index in [1.54, 1.807) is 29.7 Å². The Hall–Kier alpha value is -2.08. The van der Waals surface area contributed by atoms with Crippen LogP contribution in [-0.2, 0) is 11.2 Å². The van der Waals surface area contributed by atoms with Crippen molar-refractivity contribution in [2.75, 3.05) is 24.1 Å². The highest BCUT2D eigenvalue weighted by Gasteiger charge is 2.03. The Bertz CT molecular complexity index is 527. The first kappa shape index (κ1) is 13.4. The molecule has 0 aliphatic carbocycles. The molecule has 2 heterocycles. The highest BCUT2D eigenvalue weighted by Crippen LogP contribution is 2.12. The third kappa shape index (κ3) is 4.26. The van der Waals surface area contributed by atoms with Gasteiger partial charge in [0.15, 0.2) is 0 Å². The van der Waals surface area contributed by atoms with Crippen LogP contribution in [0.3, 0.4) is 0 Å². The van der Waals surface area contributed by atoms with Crippen molar-refractivity contribution in [2.24, 2.45) is 0 Å². The monoisotopic (exact) mass is 276 g/mol. The fourth-order valence-electron chi connectivity index (χ4n) is 1.58. The molecule has 1 amide bonds. The highest BCUT2D eigenvalue weighted by molar-refractivity contribution is 7.10. The summed E-state index contributed by atoms with van der Waals surface area (Å²) in [5.41, 5.74) is 6.35. The van der Waals surface area contributed by atoms with Crippen LogP contribution in [0.25, 0.3) is 0 Å². The first-order chi connectivity index (χ1) is 9.25. The molecule has 0 fully saturated rings. The van der Waals surface area contributed by atoms with Crippen molar-refractivity contribution in [1.82, 2.24) is 10.3 Å². The first-order valence-corrected chi connectivity index (χ1v) is 6.87. The molecule has 100 valence electrons. The highest BCUT2D eigenvalue weighted by atomic mass is 32.1. The number of amides is 1. The number of pyridine rings is 1. The predicted molar refractivity (Wildman–Crippen MR) is 78.2 cm³/mol. The Labute approximate surface area is 115 Å². The average Bonchev–Trinajstić information content (AvgIpc) is 2.89. The fraction of sp³-hybridized carbons (Fsp3) is 0.231. The van der Waals surface area contributed by atoms with Crippen LogP contribution in [0.2, 0.25) is 0 Å². The zero-order chi connectivity index (χ0) is 13.5. The van der Waals surface area contributed by atoms with Gasteiger partial charge in [-0.25, -0.2) is 4.98 Å². The molecule has 0 bridgehead atoms. The maximum absolute atomic E-state index is 11.6. The fourth-order valence-corrected chi connectivity index (χ4v) is 2.29. The summed E-state index contributed by atoms with van der Waals surface area (Å²) in [6.45, 7) is 1.14. The second-order valence-electron chi connectivity index (χ2n) is 3.97. The summed E-state index contributed by atoms with van der Waals surface area (Å²) < 4.78 is 0. The van der Waals surface area contributed by atoms with E-state index in [0.717, 1.165) is 4.88 Å². The zero-order valence-corrected chi connectivity index (χ0v) is 11.2. The molecule has 0 radical (unpaired) electrons. The number of carbonyl (C=O) groups is 1. The van der Waals surface area contributed by atoms with Crippen molar-refractivity contribution in [1.29, 1.82) is 0 Å². The Kier molecular flexibility index (Phi) is 4.74. The van der Waals surface area contributed by atoms with Gasteiger partial charge in [-0.05, 0) is 23.6 Å². The lowest BCUT2D eigenvalue weighted by molar-refractivity contribution is -0.120. The van der Waals surface area contributed by atoms with Crippen LogP contribution < -0.4 is 16.4 Å². The molecule has 4 N–H and O–H groups in total. The molecule has 2 aromatic rings. The molecule has 0 saturated carbocycles. The van der Waals surface area contributed by atoms with E-state index in [0.29, 0.717) is 31.0 Å². The van der Waals surface area contributed by atoms with Gasteiger partial charge in [0, 0.05) is 24.2 Å². The molecule has 0 aromatic carbocycles. The Balaban J connectivity index is 1.67. The lowest BCUT2D eigenvalue weighted by Gasteiger charge is -2.08. The standard InChI is InChI=1S/C13H16N4OS/c14-11-4-1-5-16-13(11)17-7-6-15-12(18)9-10-3-2-8-19-10/h1-5,8H,6-7,9,14H2,(H,15,18)(H,16,17). The van der Waals surface area contributed by atoms with Crippen LogP contribution in [0.5, 0.6) is 0 Å². The number of thiophene rings is 1. The Morgan fingerprint density at radius 3 is 2.95 bits per heavy atom. The van der Waals surface area contributed by atoms with Crippen molar-refractivity contribution < 1.29 is 4.79 Å². The van der Waals surface area contributed by atoms with Gasteiger partial charge in [0.25, 0.3) is 0 Å². The molecular weight excluding hydrogens is 260 g/mol. The van der Waals surface area contributed by atoms with Gasteiger partial charge >= 0.3 is 0 Å². The molecule has 0 unspecified atom stereocenters. The van der Waals surface area contributed by atoms with Gasteiger partial charge in [0.05, 0.1) is 12.1 Å². The third-order valence-corrected chi connectivity index (χ3v) is 3.37. The second-order valence-corrected chi connectivity index (χ2v) is 5.01. The maximum atomic E-state index is 11.6. The zero-order valence-electron chi connectivity index (χ0n) is 10.4. The summed E-state index contributed by atoms with van der Waals surface area (Å²) in [5, 5.41) is 7.89. The number of carbonyl (C=O) groups excluding carboxylic acids is 1. The number of hydrogen-bond acceptors (Lipinski definition) is 5. The maximum Gasteiger partial charge on any atom is 0.225 e. The van der Waals surface area contributed by atoms with Crippen LogP contribution in [0.15, 0.2) is 35.8 Å². The van der Waals surface area contributed by atoms with E-state index < -0.39 is 0 Å². The number of nitrogens with one attached hydrogen (secondary N) is 2. The summed E-state index contributed by atoms with van der Waals surface area (Å²) in [7, 11) is 0. The lowest BCUT2D eigenvalue weighted by Crippen LogP contribution is -2.30. The van der Waals surface area contributed by atoms with Crippen molar-refractivity contribution in [2.45, 2.75) is 6.42 Å². The molecule has 19 heavy (non-hydrogen) atoms. The number of rotatable bonds is 6. The smallest absolute Gasteiger partial charge is 0.225 e. The van der Waals surface area contributed by atoms with Gasteiger partial charge in [0.2, 0.25) is 5.91 Å². The first-order valence-electron chi connectivity index (χ1n) is 5.99. The van der Waals surface area contributed by atoms with E-state index in [-0.39, 0.29) is 5.91 Å². The minimum absolute atomic E-state index is 0.0262. The molecule has 0 atom stereocenters. The lowest BCUT2D eigenvalue weighted by atomic mass is 10.3. The van der Waals surface area contributed by atoms with Crippen molar-refractivity contribution in [3.05, 3.63) is 40.7 Å². The van der Waals surface area contributed by atoms with Crippen molar-refractivity contribution in [3.63, 3.8) is 0 Å². The van der Waals surface area contributed by atoms with Crippen molar-refractivity contribution >= 4 is 28.7 Å². The topological polar surface area (TPSA) is 80.0 Å². The number of nitrogens with zero attached hydrogens (tertiary/aromatic N) is 1. The summed E-state index contributed by atoms with van der Waals surface area (Å²) in [6.07, 6.45) is 2.11. The van der Waals surface area contributed by atoms with E-state index in [1.807, 2.05) is 17.5 Å². The second kappa shape index (κ2) is 6.75. The van der Waals surface area contributed by atoms with Gasteiger partial charge < -0.3 is 16.4 Å². The van der Waals surface area contributed by atoms with E-state index in [2.05, 4.69) is 15.6 Å². The van der Waals surface area contributed by atoms with Gasteiger partial charge in [-0.15, -0.1) is 11.3 Å². The summed E-state index contributed by atoms with van der Waals surface area (Å²) in [6, 6.07) is 7.46.